The van der Waals surface area contributed by atoms with Crippen molar-refractivity contribution in [1.29, 1.82) is 0 Å². The van der Waals surface area contributed by atoms with Gasteiger partial charge >= 0.3 is 0 Å². The first-order valence-electron chi connectivity index (χ1n) is 10.2. The summed E-state index contributed by atoms with van der Waals surface area (Å²) >= 11 is 3.36. The van der Waals surface area contributed by atoms with E-state index in [0.29, 0.717) is 5.75 Å². The summed E-state index contributed by atoms with van der Waals surface area (Å²) in [6, 6.07) is 22.0. The fourth-order valence-corrected chi connectivity index (χ4v) is 4.43. The van der Waals surface area contributed by atoms with Crippen LogP contribution in [0.3, 0.4) is 0 Å². The van der Waals surface area contributed by atoms with Crippen molar-refractivity contribution in [2.45, 2.75) is 6.04 Å². The lowest BCUT2D eigenvalue weighted by molar-refractivity contribution is -0.116. The van der Waals surface area contributed by atoms with Gasteiger partial charge in [-0.3, -0.25) is 4.79 Å². The second-order valence-corrected chi connectivity index (χ2v) is 8.30. The molecule has 1 heterocycles. The van der Waals surface area contributed by atoms with E-state index in [9.17, 15) is 4.79 Å². The van der Waals surface area contributed by atoms with Crippen LogP contribution in [-0.2, 0) is 4.79 Å². The Bertz CT molecular complexity index is 1300. The van der Waals surface area contributed by atoms with Crippen LogP contribution in [0, 0.1) is 0 Å². The van der Waals surface area contributed by atoms with Crippen LogP contribution >= 0.6 is 15.9 Å². The number of methoxy groups -OCH3 is 1. The highest BCUT2D eigenvalue weighted by molar-refractivity contribution is 9.10. The van der Waals surface area contributed by atoms with E-state index in [-0.39, 0.29) is 11.9 Å². The van der Waals surface area contributed by atoms with E-state index in [2.05, 4.69) is 50.5 Å². The van der Waals surface area contributed by atoms with E-state index in [1.54, 1.807) is 25.6 Å². The van der Waals surface area contributed by atoms with E-state index >= 15 is 0 Å². The van der Waals surface area contributed by atoms with E-state index in [1.165, 1.54) is 11.1 Å². The molecule has 3 aromatic carbocycles. The summed E-state index contributed by atoms with van der Waals surface area (Å²) in [5, 5.41) is 3.16. The minimum Gasteiger partial charge on any atom is -0.495 e. The molecule has 6 heteroatoms. The number of nitrogens with zero attached hydrogens (tertiary/aromatic N) is 2. The molecule has 0 saturated heterocycles. The minimum atomic E-state index is -0.156. The first-order valence-corrected chi connectivity index (χ1v) is 11.0. The summed E-state index contributed by atoms with van der Waals surface area (Å²) < 4.78 is 8.16. The molecule has 0 saturated carbocycles. The predicted molar refractivity (Wildman–Crippen MR) is 129 cm³/mol. The van der Waals surface area contributed by atoms with Gasteiger partial charge in [-0.25, -0.2) is 4.98 Å². The fraction of sp³-hybridized carbons (Fsp3) is 0.0769. The smallest absolute Gasteiger partial charge is 0.244 e. The lowest BCUT2D eigenvalue weighted by Crippen LogP contribution is -2.26. The Morgan fingerprint density at radius 2 is 1.75 bits per heavy atom. The number of carbonyl (C=O) groups is 1. The van der Waals surface area contributed by atoms with E-state index in [4.69, 9.17) is 4.74 Å². The SMILES string of the molecule is COc1cc(C=CC(=O)NC2c3ccccc3-c3ccccc32)ccc1-n1cnc(Br)c1. The number of fused-ring (bicyclic) bond motifs is 3. The van der Waals surface area contributed by atoms with Gasteiger partial charge in [-0.15, -0.1) is 0 Å². The van der Waals surface area contributed by atoms with Gasteiger partial charge in [-0.1, -0.05) is 54.6 Å². The molecule has 5 rings (SSSR count). The number of aromatic nitrogens is 2. The molecule has 32 heavy (non-hydrogen) atoms. The molecule has 1 N–H and O–H groups in total. The van der Waals surface area contributed by atoms with Crippen LogP contribution in [0.25, 0.3) is 22.9 Å². The van der Waals surface area contributed by atoms with Gasteiger partial charge in [0.1, 0.15) is 16.7 Å². The van der Waals surface area contributed by atoms with E-state index < -0.39 is 0 Å². The maximum Gasteiger partial charge on any atom is 0.244 e. The van der Waals surface area contributed by atoms with Crippen LogP contribution in [0.4, 0.5) is 0 Å². The first kappa shape index (κ1) is 20.3. The molecule has 1 aliphatic carbocycles. The van der Waals surface area contributed by atoms with Crippen LogP contribution < -0.4 is 10.1 Å². The van der Waals surface area contributed by atoms with Crippen molar-refractivity contribution in [3.05, 3.63) is 107 Å². The molecular formula is C26H20BrN3O2. The number of imidazole rings is 1. The molecule has 0 unspecified atom stereocenters. The quantitative estimate of drug-likeness (QED) is 0.377. The number of hydrogen-bond donors (Lipinski definition) is 1. The Morgan fingerprint density at radius 1 is 1.06 bits per heavy atom. The van der Waals surface area contributed by atoms with Crippen LogP contribution in [0.15, 0.2) is 89.9 Å². The lowest BCUT2D eigenvalue weighted by Gasteiger charge is -2.14. The predicted octanol–water partition coefficient (Wildman–Crippen LogP) is 5.54. The number of rotatable bonds is 5. The van der Waals surface area contributed by atoms with Gasteiger partial charge in [0, 0.05) is 12.3 Å². The number of carbonyl (C=O) groups excluding carboxylic acids is 1. The van der Waals surface area contributed by atoms with Crippen molar-refractivity contribution >= 4 is 27.9 Å². The summed E-state index contributed by atoms with van der Waals surface area (Å²) in [4.78, 5) is 17.0. The van der Waals surface area contributed by atoms with Crippen molar-refractivity contribution in [2.75, 3.05) is 7.11 Å². The molecule has 1 amide bonds. The average molecular weight is 486 g/mol. The highest BCUT2D eigenvalue weighted by atomic mass is 79.9. The monoisotopic (exact) mass is 485 g/mol. The molecule has 158 valence electrons. The molecule has 0 aliphatic heterocycles. The third-order valence-corrected chi connectivity index (χ3v) is 5.99. The standard InChI is InChI=1S/C26H20BrN3O2/c1-32-23-14-17(10-12-22(23)30-15-24(27)28-16-30)11-13-25(31)29-26-20-8-4-2-6-18(20)19-7-3-5-9-21(19)26/h2-16,26H,1H3,(H,29,31). The van der Waals surface area contributed by atoms with Crippen molar-refractivity contribution in [3.8, 4) is 22.6 Å². The van der Waals surface area contributed by atoms with Gasteiger partial charge in [-0.2, -0.15) is 0 Å². The molecule has 5 nitrogen and oxygen atoms in total. The molecule has 1 aliphatic rings. The van der Waals surface area contributed by atoms with Gasteiger partial charge in [0.15, 0.2) is 0 Å². The summed E-state index contributed by atoms with van der Waals surface area (Å²) in [7, 11) is 1.62. The van der Waals surface area contributed by atoms with Gasteiger partial charge in [0.2, 0.25) is 5.91 Å². The molecule has 0 fully saturated rings. The summed E-state index contributed by atoms with van der Waals surface area (Å²) in [6.45, 7) is 0. The van der Waals surface area contributed by atoms with E-state index in [0.717, 1.165) is 27.0 Å². The molecular weight excluding hydrogens is 466 g/mol. The van der Waals surface area contributed by atoms with Gasteiger partial charge < -0.3 is 14.6 Å². The molecule has 4 aromatic rings. The number of amides is 1. The Hall–Kier alpha value is -3.64. The summed E-state index contributed by atoms with van der Waals surface area (Å²) in [5.74, 6) is 0.541. The Morgan fingerprint density at radius 3 is 2.38 bits per heavy atom. The first-order chi connectivity index (χ1) is 15.6. The van der Waals surface area contributed by atoms with E-state index in [1.807, 2.05) is 53.2 Å². The Balaban J connectivity index is 1.36. The van der Waals surface area contributed by atoms with Gasteiger partial charge in [-0.05, 0) is 62.0 Å². The molecule has 0 bridgehead atoms. The number of nitrogens with one attached hydrogen (secondary N) is 1. The molecule has 0 radical (unpaired) electrons. The normalized spacial score (nSPS) is 12.6. The zero-order valence-corrected chi connectivity index (χ0v) is 18.9. The Kier molecular flexibility index (Phi) is 5.37. The van der Waals surface area contributed by atoms with Crippen molar-refractivity contribution in [1.82, 2.24) is 14.9 Å². The number of hydrogen-bond acceptors (Lipinski definition) is 3. The second-order valence-electron chi connectivity index (χ2n) is 7.48. The maximum atomic E-state index is 12.8. The fourth-order valence-electron chi connectivity index (χ4n) is 4.12. The van der Waals surface area contributed by atoms with Crippen LogP contribution in [0.1, 0.15) is 22.7 Å². The highest BCUT2D eigenvalue weighted by Crippen LogP contribution is 2.43. The number of benzene rings is 3. The summed E-state index contributed by atoms with van der Waals surface area (Å²) in [6.07, 6.45) is 6.92. The third kappa shape index (κ3) is 3.74. The third-order valence-electron chi connectivity index (χ3n) is 5.58. The van der Waals surface area contributed by atoms with Gasteiger partial charge in [0.25, 0.3) is 0 Å². The minimum absolute atomic E-state index is 0.150. The number of halogens is 1. The lowest BCUT2D eigenvalue weighted by atomic mass is 10.1. The van der Waals surface area contributed by atoms with Crippen molar-refractivity contribution < 1.29 is 9.53 Å². The Labute approximate surface area is 194 Å². The van der Waals surface area contributed by atoms with Crippen LogP contribution in [0.2, 0.25) is 0 Å². The largest absolute Gasteiger partial charge is 0.495 e. The summed E-state index contributed by atoms with van der Waals surface area (Å²) in [5.41, 5.74) is 6.31. The second kappa shape index (κ2) is 8.48. The average Bonchev–Trinajstić information content (AvgIpc) is 3.39. The molecule has 1 aromatic heterocycles. The molecule has 0 spiro atoms. The highest BCUT2D eigenvalue weighted by Gasteiger charge is 2.28. The van der Waals surface area contributed by atoms with Crippen LogP contribution in [-0.4, -0.2) is 22.6 Å². The number of ether oxygens (including phenoxy) is 1. The maximum absolute atomic E-state index is 12.8. The molecule has 0 atom stereocenters. The topological polar surface area (TPSA) is 56.1 Å². The van der Waals surface area contributed by atoms with Crippen molar-refractivity contribution in [3.63, 3.8) is 0 Å². The zero-order chi connectivity index (χ0) is 22.1. The van der Waals surface area contributed by atoms with Gasteiger partial charge in [0.05, 0.1) is 18.8 Å². The zero-order valence-electron chi connectivity index (χ0n) is 17.3. The van der Waals surface area contributed by atoms with Crippen LogP contribution in [0.5, 0.6) is 5.75 Å². The van der Waals surface area contributed by atoms with Crippen molar-refractivity contribution in [2.24, 2.45) is 0 Å².